The fraction of sp³-hybridized carbons (Fsp3) is 0.438. The van der Waals surface area contributed by atoms with Crippen molar-refractivity contribution in [3.8, 4) is 5.69 Å². The van der Waals surface area contributed by atoms with Crippen LogP contribution >= 0.6 is 0 Å². The SMILES string of the molecule is Cc1cccc(-n2nc(CC(C)C)c3c2NCC3)c1. The third kappa shape index (κ3) is 2.25. The summed E-state index contributed by atoms with van der Waals surface area (Å²) in [5.41, 5.74) is 5.09. The first-order valence-corrected chi connectivity index (χ1v) is 7.07. The molecule has 0 saturated carbocycles. The van der Waals surface area contributed by atoms with Gasteiger partial charge in [0.1, 0.15) is 5.82 Å². The first-order valence-electron chi connectivity index (χ1n) is 7.07. The van der Waals surface area contributed by atoms with Crippen molar-refractivity contribution in [3.05, 3.63) is 41.1 Å². The Morgan fingerprint density at radius 2 is 2.21 bits per heavy atom. The number of nitrogens with one attached hydrogen (secondary N) is 1. The lowest BCUT2D eigenvalue weighted by atomic mass is 10.0. The second-order valence-corrected chi connectivity index (χ2v) is 5.80. The van der Waals surface area contributed by atoms with E-state index in [1.165, 1.54) is 22.6 Å². The lowest BCUT2D eigenvalue weighted by Crippen LogP contribution is -2.06. The van der Waals surface area contributed by atoms with Crippen LogP contribution in [0.2, 0.25) is 0 Å². The van der Waals surface area contributed by atoms with Gasteiger partial charge in [0.15, 0.2) is 0 Å². The minimum absolute atomic E-state index is 0.644. The molecule has 0 bridgehead atoms. The summed E-state index contributed by atoms with van der Waals surface area (Å²) in [4.78, 5) is 0. The Bertz CT molecular complexity index is 596. The van der Waals surface area contributed by atoms with Gasteiger partial charge in [0.05, 0.1) is 11.4 Å². The molecule has 3 heteroatoms. The maximum Gasteiger partial charge on any atom is 0.133 e. The molecule has 1 N–H and O–H groups in total. The monoisotopic (exact) mass is 255 g/mol. The third-order valence-electron chi connectivity index (χ3n) is 3.58. The molecular formula is C16H21N3. The van der Waals surface area contributed by atoms with Crippen LogP contribution in [0.1, 0.15) is 30.7 Å². The second-order valence-electron chi connectivity index (χ2n) is 5.80. The Balaban J connectivity index is 2.07. The Morgan fingerprint density at radius 3 is 2.95 bits per heavy atom. The number of fused-ring (bicyclic) bond motifs is 1. The predicted molar refractivity (Wildman–Crippen MR) is 79.0 cm³/mol. The van der Waals surface area contributed by atoms with Crippen molar-refractivity contribution in [1.82, 2.24) is 9.78 Å². The lowest BCUT2D eigenvalue weighted by molar-refractivity contribution is 0.624. The van der Waals surface area contributed by atoms with Crippen LogP contribution in [0.4, 0.5) is 5.82 Å². The van der Waals surface area contributed by atoms with E-state index in [-0.39, 0.29) is 0 Å². The van der Waals surface area contributed by atoms with Gasteiger partial charge >= 0.3 is 0 Å². The topological polar surface area (TPSA) is 29.9 Å². The van der Waals surface area contributed by atoms with Crippen molar-refractivity contribution in [2.75, 3.05) is 11.9 Å². The van der Waals surface area contributed by atoms with E-state index < -0.39 is 0 Å². The summed E-state index contributed by atoms with van der Waals surface area (Å²) in [6.45, 7) is 7.65. The molecule has 0 aliphatic carbocycles. The van der Waals surface area contributed by atoms with E-state index in [0.29, 0.717) is 5.92 Å². The van der Waals surface area contributed by atoms with E-state index in [0.717, 1.165) is 25.1 Å². The predicted octanol–water partition coefficient (Wildman–Crippen LogP) is 3.35. The molecule has 1 aromatic carbocycles. The molecule has 0 amide bonds. The minimum atomic E-state index is 0.644. The molecule has 0 unspecified atom stereocenters. The van der Waals surface area contributed by atoms with Gasteiger partial charge < -0.3 is 5.32 Å². The van der Waals surface area contributed by atoms with E-state index >= 15 is 0 Å². The molecule has 100 valence electrons. The number of nitrogens with zero attached hydrogens (tertiary/aromatic N) is 2. The van der Waals surface area contributed by atoms with Crippen LogP contribution in [0.5, 0.6) is 0 Å². The molecule has 3 nitrogen and oxygen atoms in total. The molecule has 0 radical (unpaired) electrons. The number of rotatable bonds is 3. The number of benzene rings is 1. The average molecular weight is 255 g/mol. The van der Waals surface area contributed by atoms with E-state index in [1.807, 2.05) is 0 Å². The largest absolute Gasteiger partial charge is 0.369 e. The van der Waals surface area contributed by atoms with E-state index in [4.69, 9.17) is 5.10 Å². The molecule has 19 heavy (non-hydrogen) atoms. The number of anilines is 1. The van der Waals surface area contributed by atoms with Crippen LogP contribution in [0, 0.1) is 12.8 Å². The zero-order valence-electron chi connectivity index (χ0n) is 11.9. The van der Waals surface area contributed by atoms with E-state index in [2.05, 4.69) is 55.0 Å². The molecule has 1 aliphatic rings. The van der Waals surface area contributed by atoms with E-state index in [1.54, 1.807) is 0 Å². The summed E-state index contributed by atoms with van der Waals surface area (Å²) in [7, 11) is 0. The summed E-state index contributed by atoms with van der Waals surface area (Å²) in [5.74, 6) is 1.84. The molecular weight excluding hydrogens is 234 g/mol. The van der Waals surface area contributed by atoms with Crippen LogP contribution in [0.3, 0.4) is 0 Å². The van der Waals surface area contributed by atoms with Gasteiger partial charge in [0.2, 0.25) is 0 Å². The Labute approximate surface area is 114 Å². The fourth-order valence-electron chi connectivity index (χ4n) is 2.74. The maximum absolute atomic E-state index is 4.84. The van der Waals surface area contributed by atoms with Crippen molar-refractivity contribution >= 4 is 5.82 Å². The summed E-state index contributed by atoms with van der Waals surface area (Å²) in [5, 5.41) is 8.32. The van der Waals surface area contributed by atoms with Crippen molar-refractivity contribution in [2.45, 2.75) is 33.6 Å². The Morgan fingerprint density at radius 1 is 1.37 bits per heavy atom. The molecule has 2 aromatic rings. The van der Waals surface area contributed by atoms with Gasteiger partial charge in [-0.05, 0) is 43.4 Å². The lowest BCUT2D eigenvalue weighted by Gasteiger charge is -2.07. The van der Waals surface area contributed by atoms with Crippen LogP contribution in [0.15, 0.2) is 24.3 Å². The smallest absolute Gasteiger partial charge is 0.133 e. The Kier molecular flexibility index (Phi) is 3.05. The van der Waals surface area contributed by atoms with Gasteiger partial charge in [-0.2, -0.15) is 5.10 Å². The first kappa shape index (κ1) is 12.3. The number of hydrogen-bond acceptors (Lipinski definition) is 2. The highest BCUT2D eigenvalue weighted by Gasteiger charge is 2.23. The summed E-state index contributed by atoms with van der Waals surface area (Å²) in [6.07, 6.45) is 2.16. The van der Waals surface area contributed by atoms with Gasteiger partial charge in [-0.15, -0.1) is 0 Å². The Hall–Kier alpha value is -1.77. The summed E-state index contributed by atoms with van der Waals surface area (Å²) in [6, 6.07) is 8.53. The number of aromatic nitrogens is 2. The number of hydrogen-bond donors (Lipinski definition) is 1. The average Bonchev–Trinajstić information content (AvgIpc) is 2.92. The highest BCUT2D eigenvalue weighted by molar-refractivity contribution is 5.57. The maximum atomic E-state index is 4.84. The van der Waals surface area contributed by atoms with Crippen LogP contribution in [0.25, 0.3) is 5.69 Å². The van der Waals surface area contributed by atoms with Crippen LogP contribution in [-0.4, -0.2) is 16.3 Å². The molecule has 0 spiro atoms. The van der Waals surface area contributed by atoms with Gasteiger partial charge in [0.25, 0.3) is 0 Å². The quantitative estimate of drug-likeness (QED) is 0.911. The standard InChI is InChI=1S/C16H21N3/c1-11(2)9-15-14-7-8-17-16(14)19(18-15)13-6-4-5-12(3)10-13/h4-6,10-11,17H,7-9H2,1-3H3. The molecule has 2 heterocycles. The molecule has 3 rings (SSSR count). The van der Waals surface area contributed by atoms with Gasteiger partial charge in [0, 0.05) is 12.1 Å². The number of aryl methyl sites for hydroxylation is 1. The van der Waals surface area contributed by atoms with Crippen LogP contribution < -0.4 is 5.32 Å². The zero-order chi connectivity index (χ0) is 13.4. The first-order chi connectivity index (χ1) is 9.15. The molecule has 0 saturated heterocycles. The highest BCUT2D eigenvalue weighted by Crippen LogP contribution is 2.30. The van der Waals surface area contributed by atoms with Crippen LogP contribution in [-0.2, 0) is 12.8 Å². The van der Waals surface area contributed by atoms with E-state index in [9.17, 15) is 0 Å². The molecule has 1 aliphatic heterocycles. The molecule has 0 fully saturated rings. The summed E-state index contributed by atoms with van der Waals surface area (Å²) < 4.78 is 2.08. The van der Waals surface area contributed by atoms with Gasteiger partial charge in [-0.3, -0.25) is 0 Å². The van der Waals surface area contributed by atoms with Crippen molar-refractivity contribution in [2.24, 2.45) is 5.92 Å². The highest BCUT2D eigenvalue weighted by atomic mass is 15.3. The van der Waals surface area contributed by atoms with Crippen molar-refractivity contribution in [1.29, 1.82) is 0 Å². The normalized spacial score (nSPS) is 13.7. The van der Waals surface area contributed by atoms with Gasteiger partial charge in [-0.25, -0.2) is 4.68 Å². The van der Waals surface area contributed by atoms with Gasteiger partial charge in [-0.1, -0.05) is 26.0 Å². The third-order valence-corrected chi connectivity index (χ3v) is 3.58. The minimum Gasteiger partial charge on any atom is -0.369 e. The zero-order valence-corrected chi connectivity index (χ0v) is 11.9. The van der Waals surface area contributed by atoms with Crippen molar-refractivity contribution in [3.63, 3.8) is 0 Å². The molecule has 1 aromatic heterocycles. The second kappa shape index (κ2) is 4.72. The van der Waals surface area contributed by atoms with Crippen molar-refractivity contribution < 1.29 is 0 Å². The molecule has 0 atom stereocenters. The fourth-order valence-corrected chi connectivity index (χ4v) is 2.74. The summed E-state index contributed by atoms with van der Waals surface area (Å²) >= 11 is 0.